The number of anilines is 1. The molecule has 1 heterocycles. The minimum atomic E-state index is -4.00. The SMILES string of the molecule is Cc1ccc(S(=O)(=O)N[C@H](Cc2ccccc2)C(=O)Nc2ccc([C@H]3O[C@@H](CN(C)[C@H](C)[C@@H](O)c4ccccc4)C[C@@H](c4ccc(CO)cc4)O3)cc2)cc1. The molecule has 0 radical (unpaired) electrons. The van der Waals surface area contributed by atoms with Gasteiger partial charge in [0.1, 0.15) is 6.04 Å². The Labute approximate surface area is 323 Å². The minimum Gasteiger partial charge on any atom is -0.392 e. The smallest absolute Gasteiger partial charge is 0.242 e. The number of nitrogens with one attached hydrogen (secondary N) is 2. The van der Waals surface area contributed by atoms with Crippen LogP contribution in [-0.2, 0) is 37.3 Å². The van der Waals surface area contributed by atoms with Gasteiger partial charge in [0.25, 0.3) is 0 Å². The molecule has 0 aromatic heterocycles. The number of sulfonamides is 1. The molecule has 1 fully saturated rings. The highest BCUT2D eigenvalue weighted by molar-refractivity contribution is 7.89. The van der Waals surface area contributed by atoms with Crippen LogP contribution in [0.25, 0.3) is 0 Å². The van der Waals surface area contributed by atoms with Gasteiger partial charge < -0.3 is 25.0 Å². The molecule has 288 valence electrons. The van der Waals surface area contributed by atoms with Gasteiger partial charge in [0.05, 0.1) is 29.8 Å². The first-order valence-corrected chi connectivity index (χ1v) is 19.9. The van der Waals surface area contributed by atoms with Crippen LogP contribution in [0.1, 0.15) is 65.2 Å². The maximum Gasteiger partial charge on any atom is 0.242 e. The number of likely N-dealkylation sites (N-methyl/N-ethyl adjacent to an activating group) is 1. The number of aliphatic hydroxyl groups is 2. The highest BCUT2D eigenvalue weighted by Gasteiger charge is 2.34. The molecule has 0 bridgehead atoms. The Morgan fingerprint density at radius 2 is 1.44 bits per heavy atom. The predicted molar refractivity (Wildman–Crippen MR) is 212 cm³/mol. The molecule has 6 rings (SSSR count). The second-order valence-corrected chi connectivity index (χ2v) is 15.9. The third kappa shape index (κ3) is 10.5. The van der Waals surface area contributed by atoms with Gasteiger partial charge in [0, 0.05) is 30.3 Å². The van der Waals surface area contributed by atoms with Gasteiger partial charge in [-0.3, -0.25) is 9.69 Å². The van der Waals surface area contributed by atoms with Gasteiger partial charge in [-0.15, -0.1) is 0 Å². The molecular formula is C44H49N3O7S. The van der Waals surface area contributed by atoms with Gasteiger partial charge in [0.2, 0.25) is 15.9 Å². The van der Waals surface area contributed by atoms with Gasteiger partial charge in [-0.1, -0.05) is 115 Å². The number of ether oxygens (including phenoxy) is 2. The third-order valence-corrected chi connectivity index (χ3v) is 11.6. The van der Waals surface area contributed by atoms with Crippen molar-refractivity contribution in [3.8, 4) is 0 Å². The first kappa shape index (κ1) is 40.0. The number of amides is 1. The topological polar surface area (TPSA) is 137 Å². The fourth-order valence-electron chi connectivity index (χ4n) is 6.65. The highest BCUT2D eigenvalue weighted by atomic mass is 32.2. The summed E-state index contributed by atoms with van der Waals surface area (Å²) in [5.74, 6) is -0.501. The van der Waals surface area contributed by atoms with Gasteiger partial charge in [-0.2, -0.15) is 4.72 Å². The van der Waals surface area contributed by atoms with E-state index in [2.05, 4.69) is 14.9 Å². The standard InChI is InChI=1S/C44H49N3O7S/c1-30-14-24-39(25-15-30)55(51,52)46-40(26-32-10-6-4-7-11-32)43(50)45-37-22-20-36(21-23-37)44-53-38(27-41(54-44)34-18-16-33(29-48)17-19-34)28-47(3)31(2)42(49)35-12-8-5-9-13-35/h4-25,31,38,40-42,44,46,48-49H,26-29H2,1-3H3,(H,45,50)/t31-,38-,40-,41+,42-,44+/m1/s1. The zero-order valence-corrected chi connectivity index (χ0v) is 32.1. The number of nitrogens with zero attached hydrogens (tertiary/aromatic N) is 1. The largest absolute Gasteiger partial charge is 0.392 e. The maximum atomic E-state index is 13.7. The molecule has 0 saturated carbocycles. The summed E-state index contributed by atoms with van der Waals surface area (Å²) in [5, 5.41) is 23.6. The van der Waals surface area contributed by atoms with Crippen molar-refractivity contribution in [2.75, 3.05) is 18.9 Å². The average molecular weight is 764 g/mol. The van der Waals surface area contributed by atoms with E-state index < -0.39 is 34.4 Å². The van der Waals surface area contributed by atoms with Crippen molar-refractivity contribution in [2.45, 2.75) is 74.9 Å². The van der Waals surface area contributed by atoms with Crippen LogP contribution in [0.4, 0.5) is 5.69 Å². The molecule has 1 aliphatic rings. The zero-order chi connectivity index (χ0) is 39.0. The van der Waals surface area contributed by atoms with E-state index in [0.717, 1.165) is 33.4 Å². The van der Waals surface area contributed by atoms with Crippen molar-refractivity contribution in [1.82, 2.24) is 9.62 Å². The van der Waals surface area contributed by atoms with Crippen molar-refractivity contribution < 1.29 is 32.9 Å². The lowest BCUT2D eigenvalue weighted by molar-refractivity contribution is -0.253. The lowest BCUT2D eigenvalue weighted by atomic mass is 9.98. The number of benzene rings is 5. The summed E-state index contributed by atoms with van der Waals surface area (Å²) in [6.07, 6.45) is -1.26. The van der Waals surface area contributed by atoms with E-state index in [4.69, 9.17) is 9.47 Å². The molecular weight excluding hydrogens is 715 g/mol. The molecule has 55 heavy (non-hydrogen) atoms. The Hall–Kier alpha value is -4.72. The summed E-state index contributed by atoms with van der Waals surface area (Å²) in [5.41, 5.74) is 5.55. The molecule has 0 unspecified atom stereocenters. The molecule has 1 amide bonds. The second kappa shape index (κ2) is 18.3. The Kier molecular flexibility index (Phi) is 13.3. The highest BCUT2D eigenvalue weighted by Crippen LogP contribution is 2.39. The first-order valence-electron chi connectivity index (χ1n) is 18.5. The lowest BCUT2D eigenvalue weighted by Gasteiger charge is -2.39. The van der Waals surface area contributed by atoms with Gasteiger partial charge in [0.15, 0.2) is 6.29 Å². The summed E-state index contributed by atoms with van der Waals surface area (Å²) >= 11 is 0. The number of hydrogen-bond donors (Lipinski definition) is 4. The van der Waals surface area contributed by atoms with Crippen LogP contribution in [-0.4, -0.2) is 61.2 Å². The van der Waals surface area contributed by atoms with Crippen LogP contribution in [0.2, 0.25) is 0 Å². The molecule has 10 nitrogen and oxygen atoms in total. The van der Waals surface area contributed by atoms with E-state index in [1.807, 2.05) is 118 Å². The summed E-state index contributed by atoms with van der Waals surface area (Å²) < 4.78 is 42.4. The fourth-order valence-corrected chi connectivity index (χ4v) is 7.85. The van der Waals surface area contributed by atoms with Crippen LogP contribution < -0.4 is 10.0 Å². The number of carbonyl (C=O) groups is 1. The lowest BCUT2D eigenvalue weighted by Crippen LogP contribution is -2.45. The van der Waals surface area contributed by atoms with Crippen LogP contribution in [0.5, 0.6) is 0 Å². The third-order valence-electron chi connectivity index (χ3n) is 10.1. The summed E-state index contributed by atoms with van der Waals surface area (Å²) in [7, 11) is -2.03. The number of hydrogen-bond acceptors (Lipinski definition) is 8. The Balaban J connectivity index is 1.18. The van der Waals surface area contributed by atoms with Crippen molar-refractivity contribution in [1.29, 1.82) is 0 Å². The van der Waals surface area contributed by atoms with Crippen LogP contribution >= 0.6 is 0 Å². The Morgan fingerprint density at radius 3 is 2.07 bits per heavy atom. The van der Waals surface area contributed by atoms with Crippen molar-refractivity contribution in [3.63, 3.8) is 0 Å². The number of aryl methyl sites for hydroxylation is 1. The minimum absolute atomic E-state index is 0.0545. The van der Waals surface area contributed by atoms with E-state index in [-0.39, 0.29) is 36.2 Å². The second-order valence-electron chi connectivity index (χ2n) is 14.2. The number of aliphatic hydroxyl groups excluding tert-OH is 2. The van der Waals surface area contributed by atoms with Crippen LogP contribution in [0.15, 0.2) is 138 Å². The van der Waals surface area contributed by atoms with Crippen molar-refractivity contribution in [2.24, 2.45) is 0 Å². The quantitative estimate of drug-likeness (QED) is 0.0935. The summed E-state index contributed by atoms with van der Waals surface area (Å²) in [6.45, 7) is 4.35. The van der Waals surface area contributed by atoms with E-state index in [0.29, 0.717) is 18.7 Å². The Morgan fingerprint density at radius 1 is 0.818 bits per heavy atom. The summed E-state index contributed by atoms with van der Waals surface area (Å²) in [6, 6.07) is 38.9. The van der Waals surface area contributed by atoms with E-state index in [1.165, 1.54) is 12.1 Å². The van der Waals surface area contributed by atoms with E-state index in [9.17, 15) is 23.4 Å². The zero-order valence-electron chi connectivity index (χ0n) is 31.3. The van der Waals surface area contributed by atoms with Gasteiger partial charge in [-0.05, 0) is 73.8 Å². The molecule has 0 aliphatic carbocycles. The van der Waals surface area contributed by atoms with Crippen molar-refractivity contribution in [3.05, 3.63) is 167 Å². The predicted octanol–water partition coefficient (Wildman–Crippen LogP) is 6.61. The van der Waals surface area contributed by atoms with Crippen molar-refractivity contribution >= 4 is 21.6 Å². The molecule has 5 aromatic carbocycles. The molecule has 1 saturated heterocycles. The molecule has 0 spiro atoms. The molecule has 4 N–H and O–H groups in total. The fraction of sp³-hybridized carbons (Fsp3) is 0.295. The molecule has 5 aromatic rings. The van der Waals surface area contributed by atoms with Crippen LogP contribution in [0, 0.1) is 6.92 Å². The molecule has 1 aliphatic heterocycles. The Bertz CT molecular complexity index is 2080. The van der Waals surface area contributed by atoms with E-state index in [1.54, 1.807) is 24.3 Å². The summed E-state index contributed by atoms with van der Waals surface area (Å²) in [4.78, 5) is 15.9. The monoisotopic (exact) mass is 763 g/mol. The first-order chi connectivity index (χ1) is 26.5. The van der Waals surface area contributed by atoms with Gasteiger partial charge in [-0.25, -0.2) is 8.42 Å². The number of rotatable bonds is 15. The van der Waals surface area contributed by atoms with Crippen LogP contribution in [0.3, 0.4) is 0 Å². The van der Waals surface area contributed by atoms with Gasteiger partial charge >= 0.3 is 0 Å². The average Bonchev–Trinajstić information content (AvgIpc) is 3.21. The molecule has 6 atom stereocenters. The number of carbonyl (C=O) groups excluding carboxylic acids is 1. The maximum absolute atomic E-state index is 13.7. The van der Waals surface area contributed by atoms with E-state index >= 15 is 0 Å². The normalized spacial score (nSPS) is 19.1. The molecule has 11 heteroatoms.